The number of aldehydes is 1. The van der Waals surface area contributed by atoms with E-state index in [0.717, 1.165) is 29.1 Å². The van der Waals surface area contributed by atoms with E-state index in [1.54, 1.807) is 4.90 Å². The lowest BCUT2D eigenvalue weighted by atomic mass is 10.1. The molecule has 148 valence electrons. The number of anilines is 3. The Labute approximate surface area is 162 Å². The van der Waals surface area contributed by atoms with Gasteiger partial charge in [0.15, 0.2) is 6.29 Å². The summed E-state index contributed by atoms with van der Waals surface area (Å²) in [5.41, 5.74) is 2.63. The smallest absolute Gasteiger partial charge is 0.321 e. The Bertz CT molecular complexity index is 873. The molecule has 8 heteroatoms. The van der Waals surface area contributed by atoms with E-state index in [4.69, 9.17) is 0 Å². The van der Waals surface area contributed by atoms with Crippen molar-refractivity contribution in [3.63, 3.8) is 0 Å². The van der Waals surface area contributed by atoms with Crippen LogP contribution in [-0.4, -0.2) is 50.4 Å². The summed E-state index contributed by atoms with van der Waals surface area (Å²) >= 11 is 0. The minimum atomic E-state index is -1.00. The number of nitrogens with one attached hydrogen (secondary N) is 2. The van der Waals surface area contributed by atoms with E-state index in [9.17, 15) is 18.4 Å². The normalized spacial score (nSPS) is 14.0. The van der Waals surface area contributed by atoms with Crippen molar-refractivity contribution in [1.29, 1.82) is 0 Å². The Balaban J connectivity index is 1.62. The monoisotopic (exact) mass is 388 g/mol. The number of carbonyl (C=O) groups is 2. The molecule has 0 aliphatic carbocycles. The molecule has 0 bridgehead atoms. The second kappa shape index (κ2) is 8.24. The van der Waals surface area contributed by atoms with Crippen LogP contribution in [0, 0.1) is 18.6 Å². The topological polar surface area (TPSA) is 64.7 Å². The first kappa shape index (κ1) is 19.6. The zero-order chi connectivity index (χ0) is 20.3. The van der Waals surface area contributed by atoms with Gasteiger partial charge in [0.1, 0.15) is 11.6 Å². The van der Waals surface area contributed by atoms with Gasteiger partial charge in [-0.25, -0.2) is 13.6 Å². The number of urea groups is 1. The van der Waals surface area contributed by atoms with Gasteiger partial charge in [-0.1, -0.05) is 0 Å². The zero-order valence-corrected chi connectivity index (χ0v) is 15.8. The van der Waals surface area contributed by atoms with Crippen LogP contribution in [0.2, 0.25) is 0 Å². The summed E-state index contributed by atoms with van der Waals surface area (Å²) in [6.45, 7) is 4.31. The summed E-state index contributed by atoms with van der Waals surface area (Å²) < 4.78 is 27.4. The number of aryl methyl sites for hydroxylation is 1. The van der Waals surface area contributed by atoms with E-state index < -0.39 is 23.2 Å². The molecular formula is C20H22F2N4O2. The highest BCUT2D eigenvalue weighted by Crippen LogP contribution is 2.25. The quantitative estimate of drug-likeness (QED) is 0.787. The molecule has 0 spiro atoms. The standard InChI is InChI=1S/C20H22F2N4O2/c1-13-9-14(23-2)3-4-19(13)25-5-7-26(8-6-25)20(28)24-15-10-17(21)16(12-27)18(22)11-15/h3-4,9-12,23H,5-8H2,1-2H3,(H,24,28). The van der Waals surface area contributed by atoms with Gasteiger partial charge in [-0.2, -0.15) is 0 Å². The lowest BCUT2D eigenvalue weighted by Crippen LogP contribution is -2.50. The van der Waals surface area contributed by atoms with E-state index in [0.29, 0.717) is 26.2 Å². The van der Waals surface area contributed by atoms with Crippen LogP contribution in [-0.2, 0) is 0 Å². The molecule has 28 heavy (non-hydrogen) atoms. The van der Waals surface area contributed by atoms with E-state index in [2.05, 4.69) is 27.7 Å². The second-order valence-electron chi connectivity index (χ2n) is 6.63. The first-order valence-electron chi connectivity index (χ1n) is 8.96. The van der Waals surface area contributed by atoms with Crippen LogP contribution in [0.1, 0.15) is 15.9 Å². The molecule has 6 nitrogen and oxygen atoms in total. The van der Waals surface area contributed by atoms with E-state index in [1.165, 1.54) is 0 Å². The van der Waals surface area contributed by atoms with Crippen molar-refractivity contribution in [3.8, 4) is 0 Å². The van der Waals surface area contributed by atoms with Gasteiger partial charge >= 0.3 is 6.03 Å². The average Bonchev–Trinajstić information content (AvgIpc) is 2.68. The molecule has 2 aromatic carbocycles. The highest BCUT2D eigenvalue weighted by atomic mass is 19.1. The van der Waals surface area contributed by atoms with Crippen molar-refractivity contribution in [2.45, 2.75) is 6.92 Å². The van der Waals surface area contributed by atoms with Crippen LogP contribution in [0.25, 0.3) is 0 Å². The van der Waals surface area contributed by atoms with Gasteiger partial charge in [0.2, 0.25) is 0 Å². The van der Waals surface area contributed by atoms with Crippen LogP contribution in [0.5, 0.6) is 0 Å². The molecule has 2 amide bonds. The van der Waals surface area contributed by atoms with E-state index in [-0.39, 0.29) is 12.0 Å². The van der Waals surface area contributed by atoms with Gasteiger partial charge < -0.3 is 20.4 Å². The van der Waals surface area contributed by atoms with Crippen molar-refractivity contribution in [2.75, 3.05) is 48.8 Å². The van der Waals surface area contributed by atoms with Crippen molar-refractivity contribution in [2.24, 2.45) is 0 Å². The third kappa shape index (κ3) is 4.05. The molecule has 1 fully saturated rings. The third-order valence-corrected chi connectivity index (χ3v) is 4.84. The van der Waals surface area contributed by atoms with Crippen molar-refractivity contribution >= 4 is 29.4 Å². The molecule has 1 aliphatic heterocycles. The molecule has 0 radical (unpaired) electrons. The summed E-state index contributed by atoms with van der Waals surface area (Å²) in [5, 5.41) is 5.60. The molecule has 2 aromatic rings. The fourth-order valence-corrected chi connectivity index (χ4v) is 3.29. The average molecular weight is 388 g/mol. The Kier molecular flexibility index (Phi) is 5.77. The van der Waals surface area contributed by atoms with Crippen molar-refractivity contribution < 1.29 is 18.4 Å². The van der Waals surface area contributed by atoms with Crippen molar-refractivity contribution in [1.82, 2.24) is 4.90 Å². The summed E-state index contributed by atoms with van der Waals surface area (Å²) in [4.78, 5) is 26.9. The van der Waals surface area contributed by atoms with E-state index >= 15 is 0 Å². The summed E-state index contributed by atoms with van der Waals surface area (Å²) in [5.74, 6) is -2.01. The largest absolute Gasteiger partial charge is 0.388 e. The molecule has 0 atom stereocenters. The Hall–Kier alpha value is -3.16. The van der Waals surface area contributed by atoms with Crippen LogP contribution < -0.4 is 15.5 Å². The fraction of sp³-hybridized carbons (Fsp3) is 0.300. The number of hydrogen-bond acceptors (Lipinski definition) is 4. The van der Waals surface area contributed by atoms with Gasteiger partial charge in [0.25, 0.3) is 0 Å². The van der Waals surface area contributed by atoms with Crippen LogP contribution in [0.4, 0.5) is 30.6 Å². The maximum absolute atomic E-state index is 13.7. The van der Waals surface area contributed by atoms with Gasteiger partial charge in [-0.3, -0.25) is 4.79 Å². The first-order valence-corrected chi connectivity index (χ1v) is 8.96. The first-order chi connectivity index (χ1) is 13.4. The molecule has 0 aromatic heterocycles. The number of piperazine rings is 1. The number of amides is 2. The second-order valence-corrected chi connectivity index (χ2v) is 6.63. The lowest BCUT2D eigenvalue weighted by Gasteiger charge is -2.36. The predicted molar refractivity (Wildman–Crippen MR) is 105 cm³/mol. The van der Waals surface area contributed by atoms with Gasteiger partial charge in [0, 0.05) is 50.3 Å². The molecule has 1 saturated heterocycles. The number of rotatable bonds is 4. The molecule has 1 heterocycles. The summed E-state index contributed by atoms with van der Waals surface area (Å²) in [6, 6.07) is 7.58. The maximum Gasteiger partial charge on any atom is 0.321 e. The number of carbonyl (C=O) groups excluding carboxylic acids is 2. The summed E-state index contributed by atoms with van der Waals surface area (Å²) in [6.07, 6.45) is 0.112. The number of hydrogen-bond donors (Lipinski definition) is 2. The Morgan fingerprint density at radius 1 is 1.04 bits per heavy atom. The van der Waals surface area contributed by atoms with Crippen molar-refractivity contribution in [3.05, 3.63) is 53.1 Å². The molecule has 0 unspecified atom stereocenters. The summed E-state index contributed by atoms with van der Waals surface area (Å²) in [7, 11) is 1.87. The van der Waals surface area contributed by atoms with Crippen LogP contribution in [0.15, 0.2) is 30.3 Å². The number of halogens is 2. The molecular weight excluding hydrogens is 366 g/mol. The molecule has 1 aliphatic rings. The van der Waals surface area contributed by atoms with Crippen LogP contribution >= 0.6 is 0 Å². The van der Waals surface area contributed by atoms with E-state index in [1.807, 2.05) is 20.0 Å². The Morgan fingerprint density at radius 3 is 2.21 bits per heavy atom. The van der Waals surface area contributed by atoms with Gasteiger partial charge in [0.05, 0.1) is 5.56 Å². The lowest BCUT2D eigenvalue weighted by molar-refractivity contribution is 0.111. The van der Waals surface area contributed by atoms with Gasteiger partial charge in [-0.05, 0) is 42.8 Å². The van der Waals surface area contributed by atoms with Crippen LogP contribution in [0.3, 0.4) is 0 Å². The SMILES string of the molecule is CNc1ccc(N2CCN(C(=O)Nc3cc(F)c(C=O)c(F)c3)CC2)c(C)c1. The third-order valence-electron chi connectivity index (χ3n) is 4.84. The molecule has 2 N–H and O–H groups in total. The minimum Gasteiger partial charge on any atom is -0.388 e. The molecule has 3 rings (SSSR count). The highest BCUT2D eigenvalue weighted by Gasteiger charge is 2.23. The number of benzene rings is 2. The Morgan fingerprint density at radius 2 is 1.68 bits per heavy atom. The highest BCUT2D eigenvalue weighted by molar-refractivity contribution is 5.90. The predicted octanol–water partition coefficient (Wildman–Crippen LogP) is 3.48. The van der Waals surface area contributed by atoms with Gasteiger partial charge in [-0.15, -0.1) is 0 Å². The zero-order valence-electron chi connectivity index (χ0n) is 15.8. The fourth-order valence-electron chi connectivity index (χ4n) is 3.29. The molecule has 0 saturated carbocycles. The maximum atomic E-state index is 13.7. The number of nitrogens with zero attached hydrogens (tertiary/aromatic N) is 2. The minimum absolute atomic E-state index is 0.0217.